The molecule has 0 heterocycles. The zero-order chi connectivity index (χ0) is 14.6. The molecule has 1 aliphatic carbocycles. The Bertz CT molecular complexity index is 384. The van der Waals surface area contributed by atoms with Gasteiger partial charge in [0.2, 0.25) is 0 Å². The highest BCUT2D eigenvalue weighted by atomic mass is 16.5. The lowest BCUT2D eigenvalue weighted by Gasteiger charge is -2.05. The fourth-order valence-corrected chi connectivity index (χ4v) is 2.34. The summed E-state index contributed by atoms with van der Waals surface area (Å²) in [6, 6.07) is -0.557. The summed E-state index contributed by atoms with van der Waals surface area (Å²) in [6.07, 6.45) is 2.72. The van der Waals surface area contributed by atoms with E-state index >= 15 is 0 Å². The number of rotatable bonds is 6. The van der Waals surface area contributed by atoms with Gasteiger partial charge in [0.15, 0.2) is 0 Å². The van der Waals surface area contributed by atoms with E-state index in [2.05, 4.69) is 25.2 Å². The van der Waals surface area contributed by atoms with Crippen LogP contribution in [0.15, 0.2) is 11.6 Å². The molecule has 3 N–H and O–H groups in total. The van der Waals surface area contributed by atoms with Gasteiger partial charge in [-0.3, -0.25) is 4.79 Å². The monoisotopic (exact) mass is 268 g/mol. The molecule has 1 rings (SSSR count). The van der Waals surface area contributed by atoms with E-state index < -0.39 is 6.03 Å². The zero-order valence-corrected chi connectivity index (χ0v) is 12.2. The highest BCUT2D eigenvalue weighted by Gasteiger charge is 2.61. The van der Waals surface area contributed by atoms with Crippen molar-refractivity contribution in [2.45, 2.75) is 34.1 Å². The summed E-state index contributed by atoms with van der Waals surface area (Å²) in [5, 5.41) is 2.45. The minimum absolute atomic E-state index is 0.0141. The Balaban J connectivity index is 2.31. The second-order valence-electron chi connectivity index (χ2n) is 5.88. The van der Waals surface area contributed by atoms with Gasteiger partial charge < -0.3 is 15.8 Å². The van der Waals surface area contributed by atoms with Crippen molar-refractivity contribution < 1.29 is 14.3 Å². The van der Waals surface area contributed by atoms with Crippen LogP contribution in [-0.4, -0.2) is 25.2 Å². The average Bonchev–Trinajstić information content (AvgIpc) is 2.78. The van der Waals surface area contributed by atoms with Gasteiger partial charge in [-0.1, -0.05) is 25.5 Å². The molecule has 0 aromatic heterocycles. The SMILES string of the molecule is CC(C)=C[C@H]1[C@@H](C(=O)OCCCNC(N)=O)C1(C)C. The van der Waals surface area contributed by atoms with Crippen LogP contribution in [0.25, 0.3) is 0 Å². The number of amides is 2. The molecule has 0 spiro atoms. The van der Waals surface area contributed by atoms with E-state index in [1.807, 2.05) is 13.8 Å². The molecule has 5 heteroatoms. The fourth-order valence-electron chi connectivity index (χ4n) is 2.34. The van der Waals surface area contributed by atoms with Crippen LogP contribution >= 0.6 is 0 Å². The normalized spacial score (nSPS) is 23.4. The van der Waals surface area contributed by atoms with Gasteiger partial charge >= 0.3 is 12.0 Å². The van der Waals surface area contributed by atoms with Gasteiger partial charge in [-0.25, -0.2) is 4.79 Å². The predicted molar refractivity (Wildman–Crippen MR) is 73.4 cm³/mol. The number of urea groups is 1. The molecule has 0 radical (unpaired) electrons. The van der Waals surface area contributed by atoms with Crippen LogP contribution < -0.4 is 11.1 Å². The summed E-state index contributed by atoms with van der Waals surface area (Å²) in [5.74, 6) is 0.0758. The van der Waals surface area contributed by atoms with E-state index in [1.54, 1.807) is 0 Å². The van der Waals surface area contributed by atoms with Crippen LogP contribution in [0.3, 0.4) is 0 Å². The Labute approximate surface area is 114 Å². The lowest BCUT2D eigenvalue weighted by molar-refractivity contribution is -0.146. The third kappa shape index (κ3) is 4.26. The van der Waals surface area contributed by atoms with Crippen molar-refractivity contribution in [3.05, 3.63) is 11.6 Å². The number of nitrogens with one attached hydrogen (secondary N) is 1. The maximum absolute atomic E-state index is 11.9. The number of hydrogen-bond acceptors (Lipinski definition) is 3. The molecule has 0 aromatic rings. The summed E-state index contributed by atoms with van der Waals surface area (Å²) in [6.45, 7) is 8.97. The smallest absolute Gasteiger partial charge is 0.312 e. The number of ether oxygens (including phenoxy) is 1. The van der Waals surface area contributed by atoms with E-state index in [1.165, 1.54) is 5.57 Å². The van der Waals surface area contributed by atoms with Crippen LogP contribution in [0, 0.1) is 17.3 Å². The van der Waals surface area contributed by atoms with Crippen molar-refractivity contribution >= 4 is 12.0 Å². The number of carbonyl (C=O) groups excluding carboxylic acids is 2. The van der Waals surface area contributed by atoms with Crippen molar-refractivity contribution in [2.75, 3.05) is 13.2 Å². The largest absolute Gasteiger partial charge is 0.465 e. The van der Waals surface area contributed by atoms with Crippen LogP contribution in [0.2, 0.25) is 0 Å². The van der Waals surface area contributed by atoms with Gasteiger partial charge in [0.25, 0.3) is 0 Å². The number of esters is 1. The van der Waals surface area contributed by atoms with Crippen LogP contribution in [-0.2, 0) is 9.53 Å². The fraction of sp³-hybridized carbons (Fsp3) is 0.714. The summed E-state index contributed by atoms with van der Waals surface area (Å²) in [4.78, 5) is 22.4. The first-order chi connectivity index (χ1) is 8.76. The van der Waals surface area contributed by atoms with Gasteiger partial charge in [-0.05, 0) is 31.6 Å². The van der Waals surface area contributed by atoms with E-state index in [0.29, 0.717) is 19.6 Å². The minimum Gasteiger partial charge on any atom is -0.465 e. The molecule has 0 aromatic carbocycles. The molecule has 5 nitrogen and oxygen atoms in total. The molecule has 0 saturated heterocycles. The Morgan fingerprint density at radius 3 is 2.53 bits per heavy atom. The van der Waals surface area contributed by atoms with Crippen molar-refractivity contribution in [3.8, 4) is 0 Å². The molecule has 1 saturated carbocycles. The summed E-state index contributed by atoms with van der Waals surface area (Å²) in [7, 11) is 0. The Hall–Kier alpha value is -1.52. The van der Waals surface area contributed by atoms with Gasteiger partial charge in [-0.2, -0.15) is 0 Å². The molecule has 2 amide bonds. The number of primary amides is 1. The molecule has 0 unspecified atom stereocenters. The molecule has 108 valence electrons. The zero-order valence-electron chi connectivity index (χ0n) is 12.2. The van der Waals surface area contributed by atoms with E-state index in [9.17, 15) is 9.59 Å². The van der Waals surface area contributed by atoms with Crippen LogP contribution in [0.5, 0.6) is 0 Å². The standard InChI is InChI=1S/C14H24N2O3/c1-9(2)8-10-11(14(10,3)4)12(17)19-7-5-6-16-13(15)18/h8,10-11H,5-7H2,1-4H3,(H3,15,16,18)/t10-,11-/m0/s1. The lowest BCUT2D eigenvalue weighted by atomic mass is 10.1. The highest BCUT2D eigenvalue weighted by Crippen LogP contribution is 2.59. The Kier molecular flexibility index (Phi) is 4.97. The van der Waals surface area contributed by atoms with Crippen molar-refractivity contribution in [3.63, 3.8) is 0 Å². The maximum Gasteiger partial charge on any atom is 0.312 e. The number of allylic oxidation sites excluding steroid dienone is 2. The van der Waals surface area contributed by atoms with Crippen molar-refractivity contribution in [2.24, 2.45) is 23.0 Å². The number of carbonyl (C=O) groups is 2. The summed E-state index contributed by atoms with van der Waals surface area (Å²) >= 11 is 0. The van der Waals surface area contributed by atoms with Crippen molar-refractivity contribution in [1.82, 2.24) is 5.32 Å². The molecular weight excluding hydrogens is 244 g/mol. The predicted octanol–water partition coefficient (Wildman–Crippen LogP) is 1.83. The first-order valence-electron chi connectivity index (χ1n) is 6.61. The second kappa shape index (κ2) is 6.08. The first kappa shape index (κ1) is 15.5. The molecule has 0 aliphatic heterocycles. The minimum atomic E-state index is -0.557. The number of hydrogen-bond donors (Lipinski definition) is 2. The first-order valence-corrected chi connectivity index (χ1v) is 6.61. The van der Waals surface area contributed by atoms with Gasteiger partial charge in [-0.15, -0.1) is 0 Å². The topological polar surface area (TPSA) is 81.4 Å². The summed E-state index contributed by atoms with van der Waals surface area (Å²) < 4.78 is 5.23. The number of nitrogens with two attached hydrogens (primary N) is 1. The molecule has 2 atom stereocenters. The highest BCUT2D eigenvalue weighted by molar-refractivity contribution is 5.78. The molecule has 0 bridgehead atoms. The van der Waals surface area contributed by atoms with Crippen molar-refractivity contribution in [1.29, 1.82) is 0 Å². The quantitative estimate of drug-likeness (QED) is 0.438. The third-order valence-corrected chi connectivity index (χ3v) is 3.54. The molecular formula is C14H24N2O3. The molecule has 19 heavy (non-hydrogen) atoms. The van der Waals surface area contributed by atoms with Crippen LogP contribution in [0.4, 0.5) is 4.79 Å². The third-order valence-electron chi connectivity index (χ3n) is 3.54. The van der Waals surface area contributed by atoms with E-state index in [0.717, 1.165) is 0 Å². The summed E-state index contributed by atoms with van der Waals surface area (Å²) in [5.41, 5.74) is 6.14. The van der Waals surface area contributed by atoms with Gasteiger partial charge in [0, 0.05) is 6.54 Å². The second-order valence-corrected chi connectivity index (χ2v) is 5.88. The van der Waals surface area contributed by atoms with E-state index in [-0.39, 0.29) is 23.2 Å². The maximum atomic E-state index is 11.9. The Morgan fingerprint density at radius 1 is 1.37 bits per heavy atom. The van der Waals surface area contributed by atoms with Gasteiger partial charge in [0.05, 0.1) is 12.5 Å². The van der Waals surface area contributed by atoms with Crippen LogP contribution in [0.1, 0.15) is 34.1 Å². The average molecular weight is 268 g/mol. The lowest BCUT2D eigenvalue weighted by Crippen LogP contribution is -2.30. The molecule has 1 fully saturated rings. The van der Waals surface area contributed by atoms with E-state index in [4.69, 9.17) is 10.5 Å². The Morgan fingerprint density at radius 2 is 2.00 bits per heavy atom. The molecule has 1 aliphatic rings. The van der Waals surface area contributed by atoms with Gasteiger partial charge in [0.1, 0.15) is 0 Å².